The van der Waals surface area contributed by atoms with Crippen LogP contribution in [0.4, 0.5) is 4.79 Å². The number of nitrogens with one attached hydrogen (secondary N) is 1. The lowest BCUT2D eigenvalue weighted by atomic mass is 9.80. The van der Waals surface area contributed by atoms with Gasteiger partial charge in [-0.3, -0.25) is 10.1 Å². The number of benzene rings is 1. The highest BCUT2D eigenvalue weighted by Gasteiger charge is 2.52. The number of hydrogen-bond acceptors (Lipinski definition) is 3. The molecule has 1 aliphatic carbocycles. The monoisotopic (exact) mass is 283 g/mol. The second kappa shape index (κ2) is 5.21. The molecule has 3 rings (SSSR count). The smallest absolute Gasteiger partial charge is 0.305 e. The Morgan fingerprint density at radius 3 is 2.62 bits per heavy atom. The molecule has 0 atom stereocenters. The van der Waals surface area contributed by atoms with E-state index in [0.717, 1.165) is 24.8 Å². The van der Waals surface area contributed by atoms with Gasteiger partial charge in [-0.15, -0.1) is 0 Å². The van der Waals surface area contributed by atoms with Crippen molar-refractivity contribution in [3.8, 4) is 6.07 Å². The Morgan fingerprint density at radius 2 is 1.90 bits per heavy atom. The van der Waals surface area contributed by atoms with E-state index in [2.05, 4.69) is 11.4 Å². The second-order valence-corrected chi connectivity index (χ2v) is 5.71. The van der Waals surface area contributed by atoms with E-state index in [0.29, 0.717) is 24.9 Å². The molecule has 5 nitrogen and oxygen atoms in total. The Bertz CT molecular complexity index is 627. The zero-order chi connectivity index (χ0) is 14.9. The molecule has 0 bridgehead atoms. The molecule has 0 aromatic heterocycles. The quantitative estimate of drug-likeness (QED) is 0.846. The predicted molar refractivity (Wildman–Crippen MR) is 76.1 cm³/mol. The zero-order valence-corrected chi connectivity index (χ0v) is 11.8. The van der Waals surface area contributed by atoms with Crippen molar-refractivity contribution >= 4 is 11.9 Å². The fraction of sp³-hybridized carbons (Fsp3) is 0.438. The van der Waals surface area contributed by atoms with Crippen LogP contribution in [0.3, 0.4) is 0 Å². The Morgan fingerprint density at radius 1 is 1.19 bits per heavy atom. The normalized spacial score (nSPS) is 20.4. The Hall–Kier alpha value is -2.35. The van der Waals surface area contributed by atoms with Crippen molar-refractivity contribution in [3.05, 3.63) is 35.4 Å². The highest BCUT2D eigenvalue weighted by molar-refractivity contribution is 6.07. The van der Waals surface area contributed by atoms with Gasteiger partial charge in [0.25, 0.3) is 5.91 Å². The Kier molecular flexibility index (Phi) is 3.38. The van der Waals surface area contributed by atoms with Gasteiger partial charge >= 0.3 is 6.03 Å². The Balaban J connectivity index is 1.94. The van der Waals surface area contributed by atoms with Crippen LogP contribution in [0.25, 0.3) is 0 Å². The average molecular weight is 283 g/mol. The average Bonchev–Trinajstić information content (AvgIpc) is 2.73. The van der Waals surface area contributed by atoms with Crippen LogP contribution in [0.15, 0.2) is 24.3 Å². The van der Waals surface area contributed by atoms with Crippen LogP contribution in [-0.2, 0) is 11.3 Å². The first-order chi connectivity index (χ1) is 10.2. The molecule has 3 amide bonds. The largest absolute Gasteiger partial charge is 0.325 e. The molecule has 1 heterocycles. The molecule has 1 spiro atoms. The molecule has 1 aliphatic heterocycles. The summed E-state index contributed by atoms with van der Waals surface area (Å²) in [6, 6.07) is 9.02. The van der Waals surface area contributed by atoms with Crippen molar-refractivity contribution in [3.63, 3.8) is 0 Å². The first kappa shape index (κ1) is 13.6. The number of nitriles is 1. The van der Waals surface area contributed by atoms with Crippen molar-refractivity contribution in [2.24, 2.45) is 0 Å². The number of amides is 3. The van der Waals surface area contributed by atoms with Gasteiger partial charge in [-0.25, -0.2) is 4.79 Å². The molecule has 1 aromatic rings. The molecule has 2 fully saturated rings. The molecule has 1 aromatic carbocycles. The SMILES string of the molecule is N#Cc1ccccc1CN1C(=O)NC(=O)C12CCCCC2. The molecule has 1 N–H and O–H groups in total. The highest BCUT2D eigenvalue weighted by atomic mass is 16.2. The van der Waals surface area contributed by atoms with Crippen LogP contribution < -0.4 is 5.32 Å². The third-order valence-corrected chi connectivity index (χ3v) is 4.55. The van der Waals surface area contributed by atoms with E-state index < -0.39 is 5.54 Å². The summed E-state index contributed by atoms with van der Waals surface area (Å²) < 4.78 is 0. The number of hydrogen-bond donors (Lipinski definition) is 1. The van der Waals surface area contributed by atoms with E-state index in [4.69, 9.17) is 0 Å². The van der Waals surface area contributed by atoms with Gasteiger partial charge in [-0.1, -0.05) is 37.5 Å². The summed E-state index contributed by atoms with van der Waals surface area (Å²) >= 11 is 0. The maximum atomic E-state index is 12.3. The third-order valence-electron chi connectivity index (χ3n) is 4.55. The number of urea groups is 1. The molecule has 5 heteroatoms. The maximum Gasteiger partial charge on any atom is 0.325 e. The van der Waals surface area contributed by atoms with E-state index in [1.807, 2.05) is 12.1 Å². The molecular weight excluding hydrogens is 266 g/mol. The molecule has 0 radical (unpaired) electrons. The lowest BCUT2D eigenvalue weighted by molar-refractivity contribution is -0.128. The predicted octanol–water partition coefficient (Wildman–Crippen LogP) is 2.31. The molecule has 1 saturated heterocycles. The summed E-state index contributed by atoms with van der Waals surface area (Å²) in [7, 11) is 0. The van der Waals surface area contributed by atoms with Crippen LogP contribution in [0.2, 0.25) is 0 Å². The highest BCUT2D eigenvalue weighted by Crippen LogP contribution is 2.38. The second-order valence-electron chi connectivity index (χ2n) is 5.71. The summed E-state index contributed by atoms with van der Waals surface area (Å²) in [6.45, 7) is 0.307. The van der Waals surface area contributed by atoms with Gasteiger partial charge in [0.15, 0.2) is 0 Å². The van der Waals surface area contributed by atoms with Gasteiger partial charge in [0.05, 0.1) is 11.6 Å². The third kappa shape index (κ3) is 2.17. The first-order valence-corrected chi connectivity index (χ1v) is 7.28. The van der Waals surface area contributed by atoms with Crippen LogP contribution in [-0.4, -0.2) is 22.4 Å². The fourth-order valence-electron chi connectivity index (χ4n) is 3.39. The number of nitrogens with zero attached hydrogens (tertiary/aromatic N) is 2. The Labute approximate surface area is 123 Å². The van der Waals surface area contributed by atoms with E-state index in [1.54, 1.807) is 17.0 Å². The van der Waals surface area contributed by atoms with Gasteiger partial charge < -0.3 is 4.90 Å². The minimum absolute atomic E-state index is 0.179. The van der Waals surface area contributed by atoms with E-state index >= 15 is 0 Å². The van der Waals surface area contributed by atoms with Crippen LogP contribution >= 0.6 is 0 Å². The molecule has 0 unspecified atom stereocenters. The first-order valence-electron chi connectivity index (χ1n) is 7.28. The molecule has 108 valence electrons. The number of carbonyl (C=O) groups is 2. The topological polar surface area (TPSA) is 73.2 Å². The summed E-state index contributed by atoms with van der Waals surface area (Å²) in [5.74, 6) is -0.179. The van der Waals surface area contributed by atoms with Crippen molar-refractivity contribution in [1.29, 1.82) is 5.26 Å². The summed E-state index contributed by atoms with van der Waals surface area (Å²) in [5.41, 5.74) is 0.628. The fourth-order valence-corrected chi connectivity index (χ4v) is 3.39. The van der Waals surface area contributed by atoms with E-state index in [-0.39, 0.29) is 11.9 Å². The molecular formula is C16H17N3O2. The van der Waals surface area contributed by atoms with Crippen LogP contribution in [0, 0.1) is 11.3 Å². The molecule has 1 saturated carbocycles. The number of imide groups is 1. The lowest BCUT2D eigenvalue weighted by Crippen LogP contribution is -2.50. The van der Waals surface area contributed by atoms with Crippen LogP contribution in [0.5, 0.6) is 0 Å². The van der Waals surface area contributed by atoms with E-state index in [1.165, 1.54) is 0 Å². The maximum absolute atomic E-state index is 12.3. The molecule has 2 aliphatic rings. The van der Waals surface area contributed by atoms with Crippen LogP contribution in [0.1, 0.15) is 43.2 Å². The number of rotatable bonds is 2. The van der Waals surface area contributed by atoms with Crippen molar-refractivity contribution in [2.75, 3.05) is 0 Å². The van der Waals surface area contributed by atoms with Gasteiger partial charge in [0.2, 0.25) is 0 Å². The van der Waals surface area contributed by atoms with Gasteiger partial charge in [0.1, 0.15) is 5.54 Å². The minimum atomic E-state index is -0.710. The van der Waals surface area contributed by atoms with Gasteiger partial charge in [-0.05, 0) is 24.5 Å². The van der Waals surface area contributed by atoms with Gasteiger partial charge in [-0.2, -0.15) is 5.26 Å². The van der Waals surface area contributed by atoms with Crippen molar-refractivity contribution in [2.45, 2.75) is 44.2 Å². The van der Waals surface area contributed by atoms with E-state index in [9.17, 15) is 14.9 Å². The lowest BCUT2D eigenvalue weighted by Gasteiger charge is -2.38. The summed E-state index contributed by atoms with van der Waals surface area (Å²) in [5, 5.41) is 11.6. The summed E-state index contributed by atoms with van der Waals surface area (Å²) in [4.78, 5) is 26.1. The van der Waals surface area contributed by atoms with Gasteiger partial charge in [0, 0.05) is 6.54 Å². The van der Waals surface area contributed by atoms with Crippen molar-refractivity contribution < 1.29 is 9.59 Å². The number of carbonyl (C=O) groups excluding carboxylic acids is 2. The standard InChI is InChI=1S/C16H17N3O2/c17-10-12-6-2-3-7-13(12)11-19-15(21)18-14(20)16(19)8-4-1-5-9-16/h2-3,6-7H,1,4-5,8-9,11H2,(H,18,20,21). The zero-order valence-electron chi connectivity index (χ0n) is 11.8. The minimum Gasteiger partial charge on any atom is -0.305 e. The summed E-state index contributed by atoms with van der Waals surface area (Å²) in [6.07, 6.45) is 4.43. The van der Waals surface area contributed by atoms with Crippen molar-refractivity contribution in [1.82, 2.24) is 10.2 Å². The molecule has 21 heavy (non-hydrogen) atoms.